The summed E-state index contributed by atoms with van der Waals surface area (Å²) in [6.45, 7) is 3.48. The second kappa shape index (κ2) is 4.53. The van der Waals surface area contributed by atoms with Crippen LogP contribution in [-0.4, -0.2) is 15.1 Å². The number of aryl methyl sites for hydroxylation is 1. The highest BCUT2D eigenvalue weighted by atomic mass is 16.6. The van der Waals surface area contributed by atoms with Gasteiger partial charge in [0.15, 0.2) is 0 Å². The van der Waals surface area contributed by atoms with Crippen molar-refractivity contribution in [3.05, 3.63) is 39.8 Å². The van der Waals surface area contributed by atoms with E-state index in [0.717, 1.165) is 5.56 Å². The molecule has 2 rings (SSSR count). The Morgan fingerprint density at radius 3 is 2.67 bits per heavy atom. The molecule has 94 valence electrons. The number of hydrogen-bond donors (Lipinski definition) is 1. The van der Waals surface area contributed by atoms with Crippen LogP contribution < -0.4 is 5.73 Å². The Morgan fingerprint density at radius 2 is 2.11 bits per heavy atom. The summed E-state index contributed by atoms with van der Waals surface area (Å²) in [6, 6.07) is 4.24. The number of aromatic nitrogens is 2. The highest BCUT2D eigenvalue weighted by Gasteiger charge is 2.15. The molecule has 7 nitrogen and oxygen atoms in total. The molecule has 0 spiro atoms. The second-order valence-corrected chi connectivity index (χ2v) is 4.05. The van der Waals surface area contributed by atoms with Crippen LogP contribution in [0.5, 0.6) is 0 Å². The third kappa shape index (κ3) is 2.35. The first-order valence-electron chi connectivity index (χ1n) is 5.33. The lowest BCUT2D eigenvalue weighted by atomic mass is 10.1. The van der Waals surface area contributed by atoms with Crippen LogP contribution >= 0.6 is 0 Å². The number of nitro groups is 1. The molecule has 0 bridgehead atoms. The molecule has 0 aliphatic carbocycles. The Labute approximate surface area is 103 Å². The zero-order valence-electron chi connectivity index (χ0n) is 9.95. The molecular formula is C11H12N4O3. The summed E-state index contributed by atoms with van der Waals surface area (Å²) in [5, 5.41) is 18.4. The van der Waals surface area contributed by atoms with Gasteiger partial charge in [0.05, 0.1) is 11.0 Å². The van der Waals surface area contributed by atoms with Crippen LogP contribution in [-0.2, 0) is 0 Å². The molecule has 7 heteroatoms. The van der Waals surface area contributed by atoms with Gasteiger partial charge in [-0.1, -0.05) is 0 Å². The molecule has 1 heterocycles. The summed E-state index contributed by atoms with van der Waals surface area (Å²) in [5.41, 5.74) is 6.86. The van der Waals surface area contributed by atoms with Crippen molar-refractivity contribution in [2.24, 2.45) is 5.73 Å². The Morgan fingerprint density at radius 1 is 1.39 bits per heavy atom. The molecule has 1 unspecified atom stereocenters. The zero-order valence-corrected chi connectivity index (χ0v) is 9.95. The van der Waals surface area contributed by atoms with Gasteiger partial charge in [0.25, 0.3) is 5.69 Å². The molecule has 0 saturated heterocycles. The minimum Gasteiger partial charge on any atom is -0.419 e. The smallest absolute Gasteiger partial charge is 0.270 e. The third-order valence-electron chi connectivity index (χ3n) is 2.35. The average Bonchev–Trinajstić information content (AvgIpc) is 2.77. The van der Waals surface area contributed by atoms with Gasteiger partial charge in [-0.15, -0.1) is 10.2 Å². The molecule has 18 heavy (non-hydrogen) atoms. The topological polar surface area (TPSA) is 108 Å². The Kier molecular flexibility index (Phi) is 3.07. The minimum atomic E-state index is -0.459. The first-order valence-corrected chi connectivity index (χ1v) is 5.33. The normalized spacial score (nSPS) is 12.4. The Balaban J connectivity index is 2.46. The van der Waals surface area contributed by atoms with E-state index in [1.807, 2.05) is 0 Å². The molecule has 0 amide bonds. The minimum absolute atomic E-state index is 0.00875. The highest BCUT2D eigenvalue weighted by Crippen LogP contribution is 2.25. The van der Waals surface area contributed by atoms with Crippen LogP contribution in [0.15, 0.2) is 22.6 Å². The van der Waals surface area contributed by atoms with Gasteiger partial charge in [-0.05, 0) is 25.5 Å². The van der Waals surface area contributed by atoms with Crippen LogP contribution in [0.1, 0.15) is 24.4 Å². The molecule has 2 N–H and O–H groups in total. The van der Waals surface area contributed by atoms with E-state index in [1.165, 1.54) is 12.1 Å². The fraction of sp³-hybridized carbons (Fsp3) is 0.273. The third-order valence-corrected chi connectivity index (χ3v) is 2.35. The maximum Gasteiger partial charge on any atom is 0.270 e. The van der Waals surface area contributed by atoms with E-state index < -0.39 is 4.92 Å². The fourth-order valence-corrected chi connectivity index (χ4v) is 1.53. The van der Waals surface area contributed by atoms with Crippen molar-refractivity contribution in [3.8, 4) is 11.5 Å². The summed E-state index contributed by atoms with van der Waals surface area (Å²) in [7, 11) is 0. The van der Waals surface area contributed by atoms with Crippen LogP contribution in [0.2, 0.25) is 0 Å². The maximum atomic E-state index is 10.8. The molecule has 0 aliphatic heterocycles. The first-order chi connectivity index (χ1) is 8.47. The summed E-state index contributed by atoms with van der Waals surface area (Å²) in [6.07, 6.45) is 0. The van der Waals surface area contributed by atoms with E-state index in [2.05, 4.69) is 10.2 Å². The standard InChI is InChI=1S/C11H12N4O3/c1-6-3-8(5-9(4-6)15(16)17)11-14-13-10(18-11)7(2)12/h3-5,7H,12H2,1-2H3. The molecule has 0 saturated carbocycles. The Hall–Kier alpha value is -2.28. The van der Waals surface area contributed by atoms with E-state index in [1.54, 1.807) is 19.9 Å². The summed E-state index contributed by atoms with van der Waals surface area (Å²) < 4.78 is 5.35. The number of nitrogens with zero attached hydrogens (tertiary/aromatic N) is 3. The first kappa shape index (κ1) is 12.2. The number of nitro benzene ring substituents is 1. The van der Waals surface area contributed by atoms with E-state index in [-0.39, 0.29) is 17.6 Å². The van der Waals surface area contributed by atoms with Crippen molar-refractivity contribution < 1.29 is 9.34 Å². The summed E-state index contributed by atoms with van der Waals surface area (Å²) in [4.78, 5) is 10.3. The predicted molar refractivity (Wildman–Crippen MR) is 63.7 cm³/mol. The van der Waals surface area contributed by atoms with Crippen LogP contribution in [0.3, 0.4) is 0 Å². The molecule has 0 radical (unpaired) electrons. The van der Waals surface area contributed by atoms with Gasteiger partial charge in [-0.25, -0.2) is 0 Å². The molecule has 0 aliphatic rings. The van der Waals surface area contributed by atoms with Gasteiger partial charge in [-0.3, -0.25) is 10.1 Å². The predicted octanol–water partition coefficient (Wildman–Crippen LogP) is 1.97. The number of rotatable bonds is 3. The van der Waals surface area contributed by atoms with Gasteiger partial charge in [0.1, 0.15) is 0 Å². The van der Waals surface area contributed by atoms with E-state index in [4.69, 9.17) is 10.2 Å². The molecule has 1 atom stereocenters. The van der Waals surface area contributed by atoms with Crippen LogP contribution in [0, 0.1) is 17.0 Å². The lowest BCUT2D eigenvalue weighted by molar-refractivity contribution is -0.384. The number of benzene rings is 1. The van der Waals surface area contributed by atoms with Gasteiger partial charge >= 0.3 is 0 Å². The van der Waals surface area contributed by atoms with Gasteiger partial charge < -0.3 is 10.2 Å². The number of non-ortho nitro benzene ring substituents is 1. The van der Waals surface area contributed by atoms with Crippen LogP contribution in [0.25, 0.3) is 11.5 Å². The molecule has 1 aromatic carbocycles. The Bertz CT molecular complexity index is 592. The van der Waals surface area contributed by atoms with Crippen molar-refractivity contribution in [1.29, 1.82) is 0 Å². The molecule has 2 aromatic rings. The quantitative estimate of drug-likeness (QED) is 0.657. The van der Waals surface area contributed by atoms with Gasteiger partial charge in [-0.2, -0.15) is 0 Å². The van der Waals surface area contributed by atoms with Crippen LogP contribution in [0.4, 0.5) is 5.69 Å². The summed E-state index contributed by atoms with van der Waals surface area (Å²) >= 11 is 0. The molecule has 0 fully saturated rings. The van der Waals surface area contributed by atoms with Gasteiger partial charge in [0.2, 0.25) is 11.8 Å². The van der Waals surface area contributed by atoms with Crippen molar-refractivity contribution >= 4 is 5.69 Å². The molecular weight excluding hydrogens is 236 g/mol. The van der Waals surface area contributed by atoms with E-state index >= 15 is 0 Å². The zero-order chi connectivity index (χ0) is 13.3. The monoisotopic (exact) mass is 248 g/mol. The maximum absolute atomic E-state index is 10.8. The van der Waals surface area contributed by atoms with Crippen molar-refractivity contribution in [2.75, 3.05) is 0 Å². The van der Waals surface area contributed by atoms with E-state index in [9.17, 15) is 10.1 Å². The van der Waals surface area contributed by atoms with E-state index in [0.29, 0.717) is 11.5 Å². The fourth-order valence-electron chi connectivity index (χ4n) is 1.53. The average molecular weight is 248 g/mol. The van der Waals surface area contributed by atoms with Crippen molar-refractivity contribution in [2.45, 2.75) is 19.9 Å². The number of hydrogen-bond acceptors (Lipinski definition) is 6. The SMILES string of the molecule is Cc1cc(-c2nnc(C(C)N)o2)cc([N+](=O)[O-])c1. The highest BCUT2D eigenvalue weighted by molar-refractivity contribution is 5.59. The largest absolute Gasteiger partial charge is 0.419 e. The van der Waals surface area contributed by atoms with Gasteiger partial charge in [0, 0.05) is 17.7 Å². The summed E-state index contributed by atoms with van der Waals surface area (Å²) in [5.74, 6) is 0.531. The lowest BCUT2D eigenvalue weighted by Crippen LogP contribution is -2.04. The lowest BCUT2D eigenvalue weighted by Gasteiger charge is -1.99. The molecule has 1 aromatic heterocycles. The second-order valence-electron chi connectivity index (χ2n) is 4.05. The van der Waals surface area contributed by atoms with Crippen molar-refractivity contribution in [1.82, 2.24) is 10.2 Å². The number of nitrogens with two attached hydrogens (primary N) is 1. The van der Waals surface area contributed by atoms with Crippen molar-refractivity contribution in [3.63, 3.8) is 0 Å².